The van der Waals surface area contributed by atoms with Gasteiger partial charge in [-0.2, -0.15) is 0 Å². The minimum atomic E-state index is -0.512. The van der Waals surface area contributed by atoms with E-state index in [-0.39, 0.29) is 5.78 Å². The SMILES string of the molecule is O=C1CCN(C(c2ccccc2)(c2ccccc2)c2ccccc2)C/C1=C/c1ccncc1. The molecule has 3 heteroatoms. The van der Waals surface area contributed by atoms with Crippen LogP contribution in [-0.2, 0) is 10.3 Å². The topological polar surface area (TPSA) is 33.2 Å². The molecule has 0 amide bonds. The smallest absolute Gasteiger partial charge is 0.161 e. The Kier molecular flexibility index (Phi) is 5.97. The van der Waals surface area contributed by atoms with Crippen molar-refractivity contribution in [2.75, 3.05) is 13.1 Å². The highest BCUT2D eigenvalue weighted by molar-refractivity contribution is 6.00. The summed E-state index contributed by atoms with van der Waals surface area (Å²) in [5.41, 5.74) is 4.90. The number of ketones is 1. The molecule has 4 aromatic rings. The van der Waals surface area contributed by atoms with Crippen molar-refractivity contribution >= 4 is 11.9 Å². The van der Waals surface area contributed by atoms with Crippen molar-refractivity contribution < 1.29 is 4.79 Å². The van der Waals surface area contributed by atoms with E-state index in [2.05, 4.69) is 101 Å². The summed E-state index contributed by atoms with van der Waals surface area (Å²) < 4.78 is 0. The second-order valence-electron chi connectivity index (χ2n) is 8.35. The zero-order chi connectivity index (χ0) is 22.5. The second-order valence-corrected chi connectivity index (χ2v) is 8.35. The predicted molar refractivity (Wildman–Crippen MR) is 133 cm³/mol. The number of hydrogen-bond donors (Lipinski definition) is 0. The monoisotopic (exact) mass is 430 g/mol. The second kappa shape index (κ2) is 9.35. The first kappa shape index (κ1) is 21.0. The fourth-order valence-corrected chi connectivity index (χ4v) is 4.93. The molecule has 1 saturated heterocycles. The Hall–Kier alpha value is -3.82. The third kappa shape index (κ3) is 4.04. The highest BCUT2D eigenvalue weighted by Gasteiger charge is 2.44. The Labute approximate surface area is 195 Å². The zero-order valence-corrected chi connectivity index (χ0v) is 18.5. The van der Waals surface area contributed by atoms with Gasteiger partial charge in [0, 0.05) is 37.5 Å². The molecule has 0 spiro atoms. The number of carbonyl (C=O) groups is 1. The molecule has 5 rings (SSSR count). The zero-order valence-electron chi connectivity index (χ0n) is 18.5. The summed E-state index contributed by atoms with van der Waals surface area (Å²) in [4.78, 5) is 19.5. The molecule has 0 atom stereocenters. The number of benzene rings is 3. The lowest BCUT2D eigenvalue weighted by atomic mass is 9.74. The van der Waals surface area contributed by atoms with E-state index >= 15 is 0 Å². The molecule has 33 heavy (non-hydrogen) atoms. The summed E-state index contributed by atoms with van der Waals surface area (Å²) in [5, 5.41) is 0. The lowest BCUT2D eigenvalue weighted by Crippen LogP contribution is -2.52. The molecule has 1 aliphatic heterocycles. The van der Waals surface area contributed by atoms with Gasteiger partial charge in [-0.25, -0.2) is 0 Å². The molecule has 0 bridgehead atoms. The fraction of sp³-hybridized carbons (Fsp3) is 0.133. The summed E-state index contributed by atoms with van der Waals surface area (Å²) in [7, 11) is 0. The number of carbonyl (C=O) groups excluding carboxylic acids is 1. The first-order valence-corrected chi connectivity index (χ1v) is 11.3. The van der Waals surface area contributed by atoms with E-state index < -0.39 is 5.54 Å². The number of likely N-dealkylation sites (tertiary alicyclic amines) is 1. The van der Waals surface area contributed by atoms with Crippen molar-refractivity contribution in [3.63, 3.8) is 0 Å². The van der Waals surface area contributed by atoms with Crippen LogP contribution in [-0.4, -0.2) is 28.8 Å². The van der Waals surface area contributed by atoms with Gasteiger partial charge in [-0.3, -0.25) is 14.7 Å². The minimum absolute atomic E-state index is 0.214. The molecule has 0 N–H and O–H groups in total. The molecule has 162 valence electrons. The Morgan fingerprint density at radius 1 is 0.697 bits per heavy atom. The van der Waals surface area contributed by atoms with Crippen LogP contribution in [0.2, 0.25) is 0 Å². The molecule has 2 heterocycles. The normalized spacial score (nSPS) is 16.1. The minimum Gasteiger partial charge on any atom is -0.294 e. The number of aromatic nitrogens is 1. The Balaban J connectivity index is 1.71. The van der Waals surface area contributed by atoms with Crippen LogP contribution in [0.4, 0.5) is 0 Å². The van der Waals surface area contributed by atoms with Crippen LogP contribution in [0.15, 0.2) is 121 Å². The molecule has 1 aromatic heterocycles. The average Bonchev–Trinajstić information content (AvgIpc) is 2.89. The predicted octanol–water partition coefficient (Wildman–Crippen LogP) is 5.73. The third-order valence-electron chi connectivity index (χ3n) is 6.42. The van der Waals surface area contributed by atoms with Crippen LogP contribution in [0.3, 0.4) is 0 Å². The van der Waals surface area contributed by atoms with E-state index in [1.807, 2.05) is 18.2 Å². The molecule has 0 unspecified atom stereocenters. The molecule has 1 fully saturated rings. The lowest BCUT2D eigenvalue weighted by Gasteiger charge is -2.47. The Morgan fingerprint density at radius 3 is 1.67 bits per heavy atom. The Bertz CT molecular complexity index is 1140. The first-order chi connectivity index (χ1) is 16.3. The van der Waals surface area contributed by atoms with Crippen LogP contribution in [0, 0.1) is 0 Å². The van der Waals surface area contributed by atoms with Gasteiger partial charge >= 0.3 is 0 Å². The molecule has 0 aliphatic carbocycles. The van der Waals surface area contributed by atoms with E-state index in [0.29, 0.717) is 19.5 Å². The number of hydrogen-bond acceptors (Lipinski definition) is 3. The van der Waals surface area contributed by atoms with Gasteiger partial charge in [0.1, 0.15) is 0 Å². The molecule has 1 aliphatic rings. The maximum absolute atomic E-state index is 13.0. The van der Waals surface area contributed by atoms with Gasteiger partial charge in [-0.05, 0) is 40.5 Å². The van der Waals surface area contributed by atoms with Gasteiger partial charge in [-0.15, -0.1) is 0 Å². The maximum atomic E-state index is 13.0. The van der Waals surface area contributed by atoms with Gasteiger partial charge in [0.15, 0.2) is 5.78 Å². The van der Waals surface area contributed by atoms with Crippen molar-refractivity contribution in [1.82, 2.24) is 9.88 Å². The van der Waals surface area contributed by atoms with Crippen LogP contribution in [0.25, 0.3) is 6.08 Å². The van der Waals surface area contributed by atoms with Gasteiger partial charge in [0.25, 0.3) is 0 Å². The number of piperidine rings is 1. The van der Waals surface area contributed by atoms with Gasteiger partial charge < -0.3 is 0 Å². The quantitative estimate of drug-likeness (QED) is 0.299. The summed E-state index contributed by atoms with van der Waals surface area (Å²) in [5.74, 6) is 0.214. The van der Waals surface area contributed by atoms with Crippen LogP contribution >= 0.6 is 0 Å². The molecule has 3 nitrogen and oxygen atoms in total. The van der Waals surface area contributed by atoms with Crippen LogP contribution in [0.5, 0.6) is 0 Å². The number of rotatable bonds is 5. The summed E-state index contributed by atoms with van der Waals surface area (Å²) in [6.45, 7) is 1.26. The van der Waals surface area contributed by atoms with Crippen LogP contribution in [0.1, 0.15) is 28.7 Å². The van der Waals surface area contributed by atoms with Crippen molar-refractivity contribution in [3.05, 3.63) is 143 Å². The lowest BCUT2D eigenvalue weighted by molar-refractivity contribution is -0.117. The first-order valence-electron chi connectivity index (χ1n) is 11.3. The van der Waals surface area contributed by atoms with E-state index in [9.17, 15) is 4.79 Å². The molecule has 0 radical (unpaired) electrons. The van der Waals surface area contributed by atoms with E-state index in [4.69, 9.17) is 0 Å². The standard InChI is InChI=1S/C30H26N2O/c33-29-18-21-32(23-25(29)22-24-16-19-31-20-17-24)30(26-10-4-1-5-11-26,27-12-6-2-7-13-27)28-14-8-3-9-15-28/h1-17,19-20,22H,18,21,23H2/b25-22-. The van der Waals surface area contributed by atoms with Crippen LogP contribution < -0.4 is 0 Å². The fourth-order valence-electron chi connectivity index (χ4n) is 4.93. The van der Waals surface area contributed by atoms with Crippen molar-refractivity contribution in [1.29, 1.82) is 0 Å². The van der Waals surface area contributed by atoms with Gasteiger partial charge in [0.2, 0.25) is 0 Å². The third-order valence-corrected chi connectivity index (χ3v) is 6.42. The maximum Gasteiger partial charge on any atom is 0.161 e. The molecular weight excluding hydrogens is 404 g/mol. The highest BCUT2D eigenvalue weighted by atomic mass is 16.1. The molecule has 3 aromatic carbocycles. The highest BCUT2D eigenvalue weighted by Crippen LogP contribution is 2.43. The van der Waals surface area contributed by atoms with E-state index in [0.717, 1.165) is 11.1 Å². The van der Waals surface area contributed by atoms with Crippen molar-refractivity contribution in [2.45, 2.75) is 12.0 Å². The largest absolute Gasteiger partial charge is 0.294 e. The van der Waals surface area contributed by atoms with E-state index in [1.54, 1.807) is 12.4 Å². The van der Waals surface area contributed by atoms with Gasteiger partial charge in [-0.1, -0.05) is 91.0 Å². The molecule has 0 saturated carbocycles. The number of Topliss-reactive ketones (excluding diaryl/α,β-unsaturated/α-hetero) is 1. The average molecular weight is 431 g/mol. The summed E-state index contributed by atoms with van der Waals surface area (Å²) in [6, 6.07) is 35.8. The molecular formula is C30H26N2O. The Morgan fingerprint density at radius 2 is 1.18 bits per heavy atom. The van der Waals surface area contributed by atoms with Crippen molar-refractivity contribution in [3.8, 4) is 0 Å². The van der Waals surface area contributed by atoms with Gasteiger partial charge in [0.05, 0.1) is 5.54 Å². The van der Waals surface area contributed by atoms with E-state index in [1.165, 1.54) is 16.7 Å². The summed E-state index contributed by atoms with van der Waals surface area (Å²) in [6.07, 6.45) is 6.03. The summed E-state index contributed by atoms with van der Waals surface area (Å²) >= 11 is 0. The number of pyridine rings is 1. The van der Waals surface area contributed by atoms with Crippen molar-refractivity contribution in [2.24, 2.45) is 0 Å². The number of nitrogens with zero attached hydrogens (tertiary/aromatic N) is 2.